The number of nitro groups is 2. The van der Waals surface area contributed by atoms with Gasteiger partial charge >= 0.3 is 0 Å². The van der Waals surface area contributed by atoms with Gasteiger partial charge in [0, 0.05) is 18.1 Å². The van der Waals surface area contributed by atoms with Crippen LogP contribution in [0.25, 0.3) is 0 Å². The van der Waals surface area contributed by atoms with Crippen LogP contribution >= 0.6 is 11.3 Å². The van der Waals surface area contributed by atoms with Crippen LogP contribution in [0.1, 0.15) is 66.4 Å². The number of anilines is 1. The van der Waals surface area contributed by atoms with Crippen LogP contribution in [0.5, 0.6) is 0 Å². The number of nitro benzene ring substituents is 2. The maximum atomic E-state index is 12.5. The zero-order chi connectivity index (χ0) is 21.4. The maximum absolute atomic E-state index is 12.5. The number of benzene rings is 1. The third kappa shape index (κ3) is 6.28. The van der Waals surface area contributed by atoms with Crippen LogP contribution in [0.15, 0.2) is 12.1 Å². The summed E-state index contributed by atoms with van der Waals surface area (Å²) in [6, 6.07) is 1.87. The first-order valence-corrected chi connectivity index (χ1v) is 10.2. The molecule has 2 aromatic rings. The number of carbonyl (C=O) groups excluding carboxylic acids is 1. The third-order valence-electron chi connectivity index (χ3n) is 4.45. The van der Waals surface area contributed by atoms with E-state index < -0.39 is 27.1 Å². The van der Waals surface area contributed by atoms with Crippen molar-refractivity contribution in [1.82, 2.24) is 10.2 Å². The quantitative estimate of drug-likeness (QED) is 0.311. The van der Waals surface area contributed by atoms with E-state index in [9.17, 15) is 25.0 Å². The summed E-state index contributed by atoms with van der Waals surface area (Å²) in [5.74, 6) is -0.698. The molecular weight excluding hydrogens is 398 g/mol. The molecule has 11 heteroatoms. The first-order valence-electron chi connectivity index (χ1n) is 9.40. The number of rotatable bonds is 11. The molecule has 0 aliphatic carbocycles. The zero-order valence-corrected chi connectivity index (χ0v) is 17.2. The van der Waals surface area contributed by atoms with Crippen LogP contribution in [0.3, 0.4) is 0 Å². The van der Waals surface area contributed by atoms with E-state index in [1.54, 1.807) is 0 Å². The summed E-state index contributed by atoms with van der Waals surface area (Å²) >= 11 is 1.23. The van der Waals surface area contributed by atoms with Gasteiger partial charge in [-0.05, 0) is 13.3 Å². The Kier molecular flexibility index (Phi) is 8.13. The average molecular weight is 421 g/mol. The second-order valence-electron chi connectivity index (χ2n) is 6.62. The molecule has 156 valence electrons. The predicted molar refractivity (Wildman–Crippen MR) is 109 cm³/mol. The summed E-state index contributed by atoms with van der Waals surface area (Å²) < 4.78 is 0. The molecule has 1 N–H and O–H groups in total. The molecule has 1 amide bonds. The molecule has 1 aromatic carbocycles. The van der Waals surface area contributed by atoms with Crippen molar-refractivity contribution in [3.05, 3.63) is 48.5 Å². The average Bonchev–Trinajstić information content (AvgIpc) is 3.11. The number of non-ortho nitro benzene ring substituents is 1. The van der Waals surface area contributed by atoms with Crippen molar-refractivity contribution in [2.24, 2.45) is 0 Å². The van der Waals surface area contributed by atoms with Gasteiger partial charge in [-0.3, -0.25) is 30.3 Å². The molecule has 29 heavy (non-hydrogen) atoms. The third-order valence-corrected chi connectivity index (χ3v) is 5.35. The van der Waals surface area contributed by atoms with Crippen LogP contribution in [-0.4, -0.2) is 26.0 Å². The number of nitrogens with one attached hydrogen (secondary N) is 1. The van der Waals surface area contributed by atoms with Crippen molar-refractivity contribution in [1.29, 1.82) is 0 Å². The molecule has 2 rings (SSSR count). The van der Waals surface area contributed by atoms with Gasteiger partial charge < -0.3 is 0 Å². The molecule has 1 aromatic heterocycles. The number of aromatic nitrogens is 2. The standard InChI is InChI=1S/C18H23N5O5S/c1-3-4-5-6-7-8-9-16-20-21-18(29-16)19-17(24)14-10-13(22(25)26)11-15(12(14)2)23(27)28/h10-11H,3-9H2,1-2H3,(H,19,21,24). The first-order chi connectivity index (χ1) is 13.8. The summed E-state index contributed by atoms with van der Waals surface area (Å²) in [5.41, 5.74) is -1.09. The summed E-state index contributed by atoms with van der Waals surface area (Å²) in [6.45, 7) is 3.55. The fraction of sp³-hybridized carbons (Fsp3) is 0.500. The molecule has 0 fully saturated rings. The van der Waals surface area contributed by atoms with E-state index in [-0.39, 0.29) is 16.3 Å². The van der Waals surface area contributed by atoms with Crippen LogP contribution in [-0.2, 0) is 6.42 Å². The van der Waals surface area contributed by atoms with Crippen molar-refractivity contribution >= 4 is 33.8 Å². The minimum absolute atomic E-state index is 0.0509. The van der Waals surface area contributed by atoms with E-state index in [1.165, 1.54) is 43.9 Å². The monoisotopic (exact) mass is 421 g/mol. The molecule has 0 aliphatic rings. The Bertz CT molecular complexity index is 899. The number of nitrogens with zero attached hydrogens (tertiary/aromatic N) is 4. The zero-order valence-electron chi connectivity index (χ0n) is 16.3. The summed E-state index contributed by atoms with van der Waals surface area (Å²) in [6.07, 6.45) is 7.71. The Morgan fingerprint density at radius 1 is 1.07 bits per heavy atom. The lowest BCUT2D eigenvalue weighted by molar-refractivity contribution is -0.394. The van der Waals surface area contributed by atoms with Crippen LogP contribution in [0.4, 0.5) is 16.5 Å². The Balaban J connectivity index is 2.04. The Morgan fingerprint density at radius 3 is 2.41 bits per heavy atom. The second kappa shape index (κ2) is 10.6. The fourth-order valence-corrected chi connectivity index (χ4v) is 3.62. The van der Waals surface area contributed by atoms with Crippen molar-refractivity contribution in [3.63, 3.8) is 0 Å². The Morgan fingerprint density at radius 2 is 1.76 bits per heavy atom. The summed E-state index contributed by atoms with van der Waals surface area (Å²) in [7, 11) is 0. The van der Waals surface area contributed by atoms with Gasteiger partial charge in [0.05, 0.1) is 21.5 Å². The van der Waals surface area contributed by atoms with Gasteiger partial charge in [-0.1, -0.05) is 50.4 Å². The van der Waals surface area contributed by atoms with Crippen molar-refractivity contribution in [2.45, 2.75) is 58.8 Å². The van der Waals surface area contributed by atoms with E-state index in [4.69, 9.17) is 0 Å². The predicted octanol–water partition coefficient (Wildman–Crippen LogP) is 4.82. The van der Waals surface area contributed by atoms with Gasteiger partial charge in [0.2, 0.25) is 5.13 Å². The highest BCUT2D eigenvalue weighted by molar-refractivity contribution is 7.15. The topological polar surface area (TPSA) is 141 Å². The van der Waals surface area contributed by atoms with Crippen LogP contribution in [0.2, 0.25) is 0 Å². The van der Waals surface area contributed by atoms with E-state index >= 15 is 0 Å². The van der Waals surface area contributed by atoms with Gasteiger partial charge in [-0.15, -0.1) is 10.2 Å². The fourth-order valence-electron chi connectivity index (χ4n) is 2.84. The van der Waals surface area contributed by atoms with Gasteiger partial charge in [-0.25, -0.2) is 0 Å². The van der Waals surface area contributed by atoms with Crippen LogP contribution < -0.4 is 5.32 Å². The van der Waals surface area contributed by atoms with Crippen molar-refractivity contribution in [3.8, 4) is 0 Å². The van der Waals surface area contributed by atoms with E-state index in [2.05, 4.69) is 22.4 Å². The molecule has 0 unspecified atom stereocenters. The molecule has 0 radical (unpaired) electrons. The van der Waals surface area contributed by atoms with Crippen molar-refractivity contribution in [2.75, 3.05) is 5.32 Å². The number of aryl methyl sites for hydroxylation is 1. The molecule has 0 saturated carbocycles. The number of unbranched alkanes of at least 4 members (excludes halogenated alkanes) is 5. The normalized spacial score (nSPS) is 10.7. The highest BCUT2D eigenvalue weighted by Crippen LogP contribution is 2.29. The molecule has 0 aliphatic heterocycles. The first kappa shape index (κ1) is 22.3. The number of hydrogen-bond acceptors (Lipinski definition) is 8. The smallest absolute Gasteiger partial charge is 0.279 e. The van der Waals surface area contributed by atoms with E-state index in [0.717, 1.165) is 36.4 Å². The van der Waals surface area contributed by atoms with Crippen molar-refractivity contribution < 1.29 is 14.6 Å². The van der Waals surface area contributed by atoms with E-state index in [0.29, 0.717) is 0 Å². The molecular formula is C18H23N5O5S. The lowest BCUT2D eigenvalue weighted by atomic mass is 10.0. The second-order valence-corrected chi connectivity index (χ2v) is 7.69. The van der Waals surface area contributed by atoms with Gasteiger partial charge in [-0.2, -0.15) is 0 Å². The Hall–Kier alpha value is -2.95. The molecule has 0 saturated heterocycles. The Labute approximate surface area is 171 Å². The van der Waals surface area contributed by atoms with E-state index in [1.807, 2.05) is 0 Å². The highest BCUT2D eigenvalue weighted by atomic mass is 32.1. The number of carbonyl (C=O) groups is 1. The van der Waals surface area contributed by atoms with Gasteiger partial charge in [0.1, 0.15) is 5.01 Å². The largest absolute Gasteiger partial charge is 0.296 e. The maximum Gasteiger partial charge on any atom is 0.279 e. The molecule has 1 heterocycles. The molecule has 0 atom stereocenters. The SMILES string of the molecule is CCCCCCCCc1nnc(NC(=O)c2cc([N+](=O)[O-])cc([N+](=O)[O-])c2C)s1. The number of amides is 1. The lowest BCUT2D eigenvalue weighted by Crippen LogP contribution is -2.14. The summed E-state index contributed by atoms with van der Waals surface area (Å²) in [4.78, 5) is 33.2. The minimum atomic E-state index is -0.771. The van der Waals surface area contributed by atoms with Crippen LogP contribution in [0, 0.1) is 27.2 Å². The molecule has 0 spiro atoms. The molecule has 10 nitrogen and oxygen atoms in total. The highest BCUT2D eigenvalue weighted by Gasteiger charge is 2.25. The van der Waals surface area contributed by atoms with Gasteiger partial charge in [0.25, 0.3) is 17.3 Å². The summed E-state index contributed by atoms with van der Waals surface area (Å²) in [5, 5.41) is 33.7. The molecule has 0 bridgehead atoms. The van der Waals surface area contributed by atoms with Gasteiger partial charge in [0.15, 0.2) is 0 Å². The lowest BCUT2D eigenvalue weighted by Gasteiger charge is -2.06. The number of hydrogen-bond donors (Lipinski definition) is 1. The minimum Gasteiger partial charge on any atom is -0.296 e.